The molecule has 2 aliphatic heterocycles. The van der Waals surface area contributed by atoms with Crippen molar-refractivity contribution in [3.8, 4) is 0 Å². The predicted molar refractivity (Wildman–Crippen MR) is 83.2 cm³/mol. The number of nitrogens with zero attached hydrogens (tertiary/aromatic N) is 3. The summed E-state index contributed by atoms with van der Waals surface area (Å²) in [5.74, 6) is 0.0874. The normalized spacial score (nSPS) is 27.9. The first-order valence-corrected chi connectivity index (χ1v) is 9.26. The Balaban J connectivity index is 1.98. The Kier molecular flexibility index (Phi) is 5.31. The van der Waals surface area contributed by atoms with Crippen LogP contribution in [-0.2, 0) is 10.2 Å². The molecule has 0 aliphatic carbocycles. The van der Waals surface area contributed by atoms with Gasteiger partial charge in [0.1, 0.15) is 0 Å². The zero-order valence-electron chi connectivity index (χ0n) is 13.5. The Morgan fingerprint density at radius 2 is 1.67 bits per heavy atom. The van der Waals surface area contributed by atoms with Gasteiger partial charge in [0.2, 0.25) is 0 Å². The molecule has 0 aromatic rings. The molecule has 0 amide bonds. The lowest BCUT2D eigenvalue weighted by molar-refractivity contribution is 0.0875. The molecule has 2 fully saturated rings. The maximum atomic E-state index is 12.7. The first-order chi connectivity index (χ1) is 9.75. The largest absolute Gasteiger partial charge is 0.396 e. The molecule has 0 radical (unpaired) electrons. The van der Waals surface area contributed by atoms with Gasteiger partial charge in [-0.15, -0.1) is 0 Å². The third-order valence-electron chi connectivity index (χ3n) is 4.58. The molecule has 21 heavy (non-hydrogen) atoms. The average Bonchev–Trinajstić information content (AvgIpc) is 2.46. The SMILES string of the molecule is CC(C)(C)N1CCN(S(=O)(=O)N2CCCC(CO)C2)CC1. The molecule has 0 spiro atoms. The van der Waals surface area contributed by atoms with Crippen molar-refractivity contribution < 1.29 is 13.5 Å². The van der Waals surface area contributed by atoms with Crippen LogP contribution in [0, 0.1) is 5.92 Å². The summed E-state index contributed by atoms with van der Waals surface area (Å²) in [6.07, 6.45) is 1.76. The van der Waals surface area contributed by atoms with Crippen molar-refractivity contribution in [1.82, 2.24) is 13.5 Å². The molecule has 6 nitrogen and oxygen atoms in total. The highest BCUT2D eigenvalue weighted by molar-refractivity contribution is 7.86. The van der Waals surface area contributed by atoms with Crippen molar-refractivity contribution in [1.29, 1.82) is 0 Å². The van der Waals surface area contributed by atoms with Crippen molar-refractivity contribution >= 4 is 10.2 Å². The lowest BCUT2D eigenvalue weighted by Gasteiger charge is -2.43. The molecule has 1 unspecified atom stereocenters. The maximum Gasteiger partial charge on any atom is 0.282 e. The number of piperazine rings is 1. The first-order valence-electron chi connectivity index (χ1n) is 7.86. The Morgan fingerprint density at radius 1 is 1.05 bits per heavy atom. The van der Waals surface area contributed by atoms with E-state index in [9.17, 15) is 13.5 Å². The van der Waals surface area contributed by atoms with Crippen LogP contribution in [-0.4, -0.2) is 78.4 Å². The lowest BCUT2D eigenvalue weighted by Crippen LogP contribution is -2.57. The van der Waals surface area contributed by atoms with E-state index < -0.39 is 10.2 Å². The summed E-state index contributed by atoms with van der Waals surface area (Å²) in [7, 11) is -3.37. The van der Waals surface area contributed by atoms with Gasteiger partial charge in [-0.05, 0) is 39.5 Å². The second-order valence-electron chi connectivity index (χ2n) is 7.11. The van der Waals surface area contributed by atoms with Gasteiger partial charge in [-0.2, -0.15) is 17.0 Å². The van der Waals surface area contributed by atoms with Crippen LogP contribution in [0.25, 0.3) is 0 Å². The third-order valence-corrected chi connectivity index (χ3v) is 6.58. The van der Waals surface area contributed by atoms with Crippen molar-refractivity contribution in [2.45, 2.75) is 39.2 Å². The fourth-order valence-corrected chi connectivity index (χ4v) is 4.85. The minimum absolute atomic E-state index is 0.0732. The minimum Gasteiger partial charge on any atom is -0.396 e. The van der Waals surface area contributed by atoms with Gasteiger partial charge in [0.25, 0.3) is 10.2 Å². The van der Waals surface area contributed by atoms with Gasteiger partial charge in [-0.25, -0.2) is 0 Å². The molecule has 124 valence electrons. The van der Waals surface area contributed by atoms with E-state index >= 15 is 0 Å². The highest BCUT2D eigenvalue weighted by Gasteiger charge is 2.36. The van der Waals surface area contributed by atoms with Crippen LogP contribution in [0.2, 0.25) is 0 Å². The van der Waals surface area contributed by atoms with E-state index in [0.29, 0.717) is 26.2 Å². The number of rotatable bonds is 3. The second-order valence-corrected chi connectivity index (χ2v) is 9.04. The average molecular weight is 319 g/mol. The zero-order chi connectivity index (χ0) is 15.7. The van der Waals surface area contributed by atoms with Gasteiger partial charge in [-0.3, -0.25) is 4.90 Å². The molecule has 1 N–H and O–H groups in total. The van der Waals surface area contributed by atoms with Crippen LogP contribution in [0.4, 0.5) is 0 Å². The summed E-state index contributed by atoms with van der Waals surface area (Å²) in [6.45, 7) is 10.3. The third kappa shape index (κ3) is 3.96. The second kappa shape index (κ2) is 6.50. The topological polar surface area (TPSA) is 64.1 Å². The van der Waals surface area contributed by atoms with E-state index in [4.69, 9.17) is 0 Å². The number of hydrogen-bond donors (Lipinski definition) is 1. The number of aliphatic hydroxyl groups excluding tert-OH is 1. The molecule has 1 atom stereocenters. The van der Waals surface area contributed by atoms with E-state index in [1.54, 1.807) is 8.61 Å². The van der Waals surface area contributed by atoms with Crippen LogP contribution in [0.3, 0.4) is 0 Å². The van der Waals surface area contributed by atoms with Crippen LogP contribution in [0.15, 0.2) is 0 Å². The highest BCUT2D eigenvalue weighted by Crippen LogP contribution is 2.23. The summed E-state index contributed by atoms with van der Waals surface area (Å²) in [6, 6.07) is 0. The Morgan fingerprint density at radius 3 is 2.19 bits per heavy atom. The Bertz CT molecular complexity index is 439. The van der Waals surface area contributed by atoms with Gasteiger partial charge in [0.15, 0.2) is 0 Å². The van der Waals surface area contributed by atoms with Crippen LogP contribution in [0.5, 0.6) is 0 Å². The summed E-state index contributed by atoms with van der Waals surface area (Å²) < 4.78 is 28.6. The van der Waals surface area contributed by atoms with Crippen molar-refractivity contribution in [3.63, 3.8) is 0 Å². The summed E-state index contributed by atoms with van der Waals surface area (Å²) in [5.41, 5.74) is 0.0863. The number of aliphatic hydroxyl groups is 1. The molecule has 2 aliphatic rings. The molecule has 7 heteroatoms. The van der Waals surface area contributed by atoms with Crippen molar-refractivity contribution in [2.24, 2.45) is 5.92 Å². The highest BCUT2D eigenvalue weighted by atomic mass is 32.2. The molecule has 0 bridgehead atoms. The van der Waals surface area contributed by atoms with Crippen molar-refractivity contribution in [3.05, 3.63) is 0 Å². The molecule has 0 aromatic carbocycles. The predicted octanol–water partition coefficient (Wildman–Crippen LogP) is 0.352. The van der Waals surface area contributed by atoms with Gasteiger partial charge < -0.3 is 5.11 Å². The van der Waals surface area contributed by atoms with Crippen molar-refractivity contribution in [2.75, 3.05) is 45.9 Å². The molecule has 2 rings (SSSR count). The van der Waals surface area contributed by atoms with Crippen LogP contribution in [0.1, 0.15) is 33.6 Å². The van der Waals surface area contributed by atoms with E-state index in [2.05, 4.69) is 25.7 Å². The molecule has 0 saturated carbocycles. The van der Waals surface area contributed by atoms with Crippen LogP contribution >= 0.6 is 0 Å². The maximum absolute atomic E-state index is 12.7. The van der Waals surface area contributed by atoms with E-state index in [0.717, 1.165) is 25.9 Å². The summed E-state index contributed by atoms with van der Waals surface area (Å²) >= 11 is 0. The number of piperidine rings is 1. The quantitative estimate of drug-likeness (QED) is 0.815. The molecular formula is C14H29N3O3S. The molecule has 2 heterocycles. The summed E-state index contributed by atoms with van der Waals surface area (Å²) in [5, 5.41) is 9.27. The lowest BCUT2D eigenvalue weighted by atomic mass is 10.0. The Hall–Kier alpha value is -0.210. The Labute approximate surface area is 128 Å². The van der Waals surface area contributed by atoms with Gasteiger partial charge in [0, 0.05) is 51.4 Å². The molecular weight excluding hydrogens is 290 g/mol. The monoisotopic (exact) mass is 319 g/mol. The molecule has 0 aromatic heterocycles. The van der Waals surface area contributed by atoms with E-state index in [1.165, 1.54) is 0 Å². The van der Waals surface area contributed by atoms with Gasteiger partial charge in [0.05, 0.1) is 0 Å². The van der Waals surface area contributed by atoms with Crippen LogP contribution < -0.4 is 0 Å². The summed E-state index contributed by atoms with van der Waals surface area (Å²) in [4.78, 5) is 2.33. The van der Waals surface area contributed by atoms with Gasteiger partial charge >= 0.3 is 0 Å². The number of hydrogen-bond acceptors (Lipinski definition) is 4. The zero-order valence-corrected chi connectivity index (χ0v) is 14.3. The molecule has 2 saturated heterocycles. The van der Waals surface area contributed by atoms with E-state index in [-0.39, 0.29) is 18.1 Å². The fraction of sp³-hybridized carbons (Fsp3) is 1.00. The standard InChI is InChI=1S/C14H29N3O3S/c1-14(2,3)15-7-9-16(10-8-15)21(19,20)17-6-4-5-13(11-17)12-18/h13,18H,4-12H2,1-3H3. The minimum atomic E-state index is -3.37. The smallest absolute Gasteiger partial charge is 0.282 e. The van der Waals surface area contributed by atoms with E-state index in [1.807, 2.05) is 0 Å². The van der Waals surface area contributed by atoms with Gasteiger partial charge in [-0.1, -0.05) is 0 Å². The fourth-order valence-electron chi connectivity index (χ4n) is 3.14. The first kappa shape index (κ1) is 17.1.